The average Bonchev–Trinajstić information content (AvgIpc) is 2.21. The Morgan fingerprint density at radius 2 is 2.00 bits per heavy atom. The van der Waals surface area contributed by atoms with Crippen LogP contribution in [0.25, 0.3) is 0 Å². The molecule has 0 atom stereocenters. The van der Waals surface area contributed by atoms with Gasteiger partial charge in [-0.2, -0.15) is 0 Å². The first-order valence-electron chi connectivity index (χ1n) is 5.20. The maximum absolute atomic E-state index is 11.6. The number of aryl methyl sites for hydroxylation is 1. The van der Waals surface area contributed by atoms with Crippen molar-refractivity contribution in [1.82, 2.24) is 0 Å². The first-order chi connectivity index (χ1) is 7.36. The summed E-state index contributed by atoms with van der Waals surface area (Å²) < 4.78 is 25.6. The number of benzene rings is 1. The molecular formula is C11H17NO3S. The molecular weight excluding hydrogens is 226 g/mol. The summed E-state index contributed by atoms with van der Waals surface area (Å²) in [5.41, 5.74) is 1.22. The number of sulfonamides is 1. The SMILES string of the molecule is CCc1ccc(O)c(NS(=O)(=O)C(C)C)c1. The lowest BCUT2D eigenvalue weighted by Crippen LogP contribution is -2.22. The number of hydrogen-bond donors (Lipinski definition) is 2. The largest absolute Gasteiger partial charge is 0.506 e. The van der Waals surface area contributed by atoms with Crippen molar-refractivity contribution in [1.29, 1.82) is 0 Å². The highest BCUT2D eigenvalue weighted by molar-refractivity contribution is 7.93. The molecule has 0 aliphatic rings. The second kappa shape index (κ2) is 4.74. The molecule has 1 rings (SSSR count). The predicted octanol–water partition coefficient (Wildman–Crippen LogP) is 2.10. The fourth-order valence-corrected chi connectivity index (χ4v) is 1.86. The monoisotopic (exact) mass is 243 g/mol. The van der Waals surface area contributed by atoms with Gasteiger partial charge in [-0.3, -0.25) is 4.72 Å². The second-order valence-corrected chi connectivity index (χ2v) is 6.14. The molecule has 0 unspecified atom stereocenters. The molecule has 0 heterocycles. The Hall–Kier alpha value is -1.23. The molecule has 0 amide bonds. The quantitative estimate of drug-likeness (QED) is 0.796. The summed E-state index contributed by atoms with van der Waals surface area (Å²) in [6, 6.07) is 4.91. The van der Waals surface area contributed by atoms with Crippen molar-refractivity contribution in [3.05, 3.63) is 23.8 Å². The number of nitrogens with one attached hydrogen (secondary N) is 1. The maximum Gasteiger partial charge on any atom is 0.235 e. The summed E-state index contributed by atoms with van der Waals surface area (Å²) in [4.78, 5) is 0. The minimum absolute atomic E-state index is 0.0542. The van der Waals surface area contributed by atoms with Crippen LogP contribution in [0, 0.1) is 0 Å². The van der Waals surface area contributed by atoms with Gasteiger partial charge in [-0.1, -0.05) is 13.0 Å². The molecule has 4 nitrogen and oxygen atoms in total. The van der Waals surface area contributed by atoms with Crippen LogP contribution in [0.4, 0.5) is 5.69 Å². The van der Waals surface area contributed by atoms with Crippen LogP contribution in [0.3, 0.4) is 0 Å². The van der Waals surface area contributed by atoms with Crippen LogP contribution in [0.1, 0.15) is 26.3 Å². The fraction of sp³-hybridized carbons (Fsp3) is 0.455. The Bertz CT molecular complexity index is 466. The lowest BCUT2D eigenvalue weighted by Gasteiger charge is -2.12. The van der Waals surface area contributed by atoms with E-state index in [1.165, 1.54) is 6.07 Å². The Kier molecular flexibility index (Phi) is 3.80. The van der Waals surface area contributed by atoms with E-state index in [1.54, 1.807) is 26.0 Å². The van der Waals surface area contributed by atoms with Crippen molar-refractivity contribution in [2.45, 2.75) is 32.4 Å². The van der Waals surface area contributed by atoms with E-state index in [2.05, 4.69) is 4.72 Å². The van der Waals surface area contributed by atoms with Crippen LogP contribution in [0.2, 0.25) is 0 Å². The van der Waals surface area contributed by atoms with E-state index in [0.29, 0.717) is 0 Å². The molecule has 16 heavy (non-hydrogen) atoms. The third-order valence-electron chi connectivity index (χ3n) is 2.34. The van der Waals surface area contributed by atoms with Gasteiger partial charge in [0.2, 0.25) is 10.0 Å². The zero-order valence-electron chi connectivity index (χ0n) is 9.69. The first-order valence-corrected chi connectivity index (χ1v) is 6.75. The highest BCUT2D eigenvalue weighted by Crippen LogP contribution is 2.26. The summed E-state index contributed by atoms with van der Waals surface area (Å²) >= 11 is 0. The third-order valence-corrected chi connectivity index (χ3v) is 4.09. The minimum atomic E-state index is -3.41. The van der Waals surface area contributed by atoms with Crippen molar-refractivity contribution in [2.75, 3.05) is 4.72 Å². The van der Waals surface area contributed by atoms with E-state index in [4.69, 9.17) is 0 Å². The minimum Gasteiger partial charge on any atom is -0.506 e. The van der Waals surface area contributed by atoms with Gasteiger partial charge in [-0.25, -0.2) is 8.42 Å². The summed E-state index contributed by atoms with van der Waals surface area (Å²) in [5, 5.41) is 9.02. The third kappa shape index (κ3) is 2.88. The van der Waals surface area contributed by atoms with Gasteiger partial charge < -0.3 is 5.11 Å². The van der Waals surface area contributed by atoms with E-state index in [1.807, 2.05) is 6.92 Å². The number of anilines is 1. The Labute approximate surface area is 96.4 Å². The molecule has 0 radical (unpaired) electrons. The fourth-order valence-electron chi connectivity index (χ4n) is 1.16. The number of rotatable bonds is 4. The van der Waals surface area contributed by atoms with Crippen molar-refractivity contribution in [2.24, 2.45) is 0 Å². The molecule has 0 aliphatic heterocycles. The van der Waals surface area contributed by atoms with Crippen LogP contribution < -0.4 is 4.72 Å². The van der Waals surface area contributed by atoms with E-state index in [-0.39, 0.29) is 11.4 Å². The normalized spacial score (nSPS) is 11.8. The van der Waals surface area contributed by atoms with E-state index >= 15 is 0 Å². The molecule has 2 N–H and O–H groups in total. The maximum atomic E-state index is 11.6. The zero-order valence-corrected chi connectivity index (χ0v) is 10.5. The Morgan fingerprint density at radius 1 is 1.38 bits per heavy atom. The average molecular weight is 243 g/mol. The summed E-state index contributed by atoms with van der Waals surface area (Å²) in [7, 11) is -3.41. The summed E-state index contributed by atoms with van der Waals surface area (Å²) in [6.07, 6.45) is 0.788. The van der Waals surface area contributed by atoms with Crippen molar-refractivity contribution in [3.63, 3.8) is 0 Å². The molecule has 1 aromatic rings. The number of phenolic OH excluding ortho intramolecular Hbond substituents is 1. The first kappa shape index (κ1) is 12.8. The van der Waals surface area contributed by atoms with Gasteiger partial charge in [0.1, 0.15) is 5.75 Å². The number of phenols is 1. The van der Waals surface area contributed by atoms with Crippen molar-refractivity contribution >= 4 is 15.7 Å². The van der Waals surface area contributed by atoms with Gasteiger partial charge in [0.05, 0.1) is 10.9 Å². The highest BCUT2D eigenvalue weighted by atomic mass is 32.2. The van der Waals surface area contributed by atoms with E-state index < -0.39 is 15.3 Å². The van der Waals surface area contributed by atoms with Gasteiger partial charge in [0, 0.05) is 0 Å². The van der Waals surface area contributed by atoms with Gasteiger partial charge in [0.15, 0.2) is 0 Å². The van der Waals surface area contributed by atoms with Crippen LogP contribution in [0.15, 0.2) is 18.2 Å². The highest BCUT2D eigenvalue weighted by Gasteiger charge is 2.17. The smallest absolute Gasteiger partial charge is 0.235 e. The molecule has 90 valence electrons. The molecule has 0 bridgehead atoms. The van der Waals surface area contributed by atoms with Crippen LogP contribution in [0.5, 0.6) is 5.75 Å². The molecule has 5 heteroatoms. The topological polar surface area (TPSA) is 66.4 Å². The summed E-state index contributed by atoms with van der Waals surface area (Å²) in [5.74, 6) is -0.0542. The van der Waals surface area contributed by atoms with Crippen LogP contribution in [-0.4, -0.2) is 18.8 Å². The second-order valence-electron chi connectivity index (χ2n) is 3.90. The van der Waals surface area contributed by atoms with Gasteiger partial charge >= 0.3 is 0 Å². The predicted molar refractivity (Wildman–Crippen MR) is 65.2 cm³/mol. The summed E-state index contributed by atoms with van der Waals surface area (Å²) in [6.45, 7) is 5.14. The number of hydrogen-bond acceptors (Lipinski definition) is 3. The molecule has 0 saturated carbocycles. The van der Waals surface area contributed by atoms with Crippen molar-refractivity contribution in [3.8, 4) is 5.75 Å². The van der Waals surface area contributed by atoms with Crippen LogP contribution >= 0.6 is 0 Å². The van der Waals surface area contributed by atoms with Gasteiger partial charge in [0.25, 0.3) is 0 Å². The lowest BCUT2D eigenvalue weighted by molar-refractivity contribution is 0.477. The molecule has 0 spiro atoms. The molecule has 1 aromatic carbocycles. The van der Waals surface area contributed by atoms with E-state index in [0.717, 1.165) is 12.0 Å². The van der Waals surface area contributed by atoms with Gasteiger partial charge in [-0.15, -0.1) is 0 Å². The Balaban J connectivity index is 3.06. The standard InChI is InChI=1S/C11H17NO3S/c1-4-9-5-6-11(13)10(7-9)12-16(14,15)8(2)3/h5-8,12-13H,4H2,1-3H3. The zero-order chi connectivity index (χ0) is 12.3. The lowest BCUT2D eigenvalue weighted by atomic mass is 10.1. The van der Waals surface area contributed by atoms with E-state index in [9.17, 15) is 13.5 Å². The van der Waals surface area contributed by atoms with Gasteiger partial charge in [-0.05, 0) is 38.0 Å². The molecule has 0 saturated heterocycles. The molecule has 0 aliphatic carbocycles. The molecule has 0 aromatic heterocycles. The van der Waals surface area contributed by atoms with Crippen LogP contribution in [-0.2, 0) is 16.4 Å². The molecule has 0 fully saturated rings. The van der Waals surface area contributed by atoms with Crippen molar-refractivity contribution < 1.29 is 13.5 Å². The Morgan fingerprint density at radius 3 is 2.50 bits per heavy atom. The number of aromatic hydroxyl groups is 1.